The fourth-order valence-corrected chi connectivity index (χ4v) is 3.49. The molecule has 0 saturated heterocycles. The van der Waals surface area contributed by atoms with Crippen LogP contribution in [0, 0.1) is 20.2 Å². The van der Waals surface area contributed by atoms with Gasteiger partial charge >= 0.3 is 0 Å². The van der Waals surface area contributed by atoms with Crippen LogP contribution in [0.2, 0.25) is 0 Å². The highest BCUT2D eigenvalue weighted by atomic mass is 16.6. The molecule has 11 nitrogen and oxygen atoms in total. The molecule has 0 aliphatic carbocycles. The Bertz CT molecular complexity index is 1290. The lowest BCUT2D eigenvalue weighted by Gasteiger charge is -2.30. The molecular weight excluding hydrogens is 432 g/mol. The molecular formula is C22H14N4O7. The first kappa shape index (κ1) is 21.3. The van der Waals surface area contributed by atoms with Crippen molar-refractivity contribution in [2.24, 2.45) is 0 Å². The summed E-state index contributed by atoms with van der Waals surface area (Å²) < 4.78 is 0. The van der Waals surface area contributed by atoms with E-state index in [4.69, 9.17) is 0 Å². The number of imide groups is 1. The van der Waals surface area contributed by atoms with E-state index in [2.05, 4.69) is 0 Å². The van der Waals surface area contributed by atoms with Gasteiger partial charge in [-0.1, -0.05) is 30.3 Å². The first-order chi connectivity index (χ1) is 15.8. The van der Waals surface area contributed by atoms with E-state index in [1.165, 1.54) is 48.5 Å². The second-order valence-electron chi connectivity index (χ2n) is 7.02. The Labute approximate surface area is 185 Å². The summed E-state index contributed by atoms with van der Waals surface area (Å²) >= 11 is 0. The monoisotopic (exact) mass is 446 g/mol. The summed E-state index contributed by atoms with van der Waals surface area (Å²) in [6.45, 7) is -0.460. The highest BCUT2D eigenvalue weighted by Gasteiger charge is 2.42. The quantitative estimate of drug-likeness (QED) is 0.321. The number of rotatable bonds is 6. The van der Waals surface area contributed by atoms with Crippen molar-refractivity contribution in [3.63, 3.8) is 0 Å². The molecule has 3 aromatic rings. The van der Waals surface area contributed by atoms with Gasteiger partial charge in [0, 0.05) is 23.8 Å². The predicted octanol–water partition coefficient (Wildman–Crippen LogP) is 3.36. The maximum absolute atomic E-state index is 13.4. The number of carbonyl (C=O) groups is 3. The maximum Gasteiger partial charge on any atom is 0.280 e. The molecule has 0 unspecified atom stereocenters. The zero-order chi connectivity index (χ0) is 23.7. The van der Waals surface area contributed by atoms with Crippen molar-refractivity contribution in [3.8, 4) is 0 Å². The lowest BCUT2D eigenvalue weighted by molar-refractivity contribution is -0.385. The molecule has 1 aliphatic rings. The molecule has 0 fully saturated rings. The van der Waals surface area contributed by atoms with E-state index in [0.717, 1.165) is 17.1 Å². The Hall–Kier alpha value is -4.93. The Kier molecular flexibility index (Phi) is 5.36. The molecule has 1 aliphatic heterocycles. The van der Waals surface area contributed by atoms with Gasteiger partial charge in [0.25, 0.3) is 29.1 Å². The number of hydrogen-bond donors (Lipinski definition) is 0. The van der Waals surface area contributed by atoms with Gasteiger partial charge in [0.2, 0.25) is 0 Å². The van der Waals surface area contributed by atoms with Crippen molar-refractivity contribution in [1.29, 1.82) is 0 Å². The van der Waals surface area contributed by atoms with Crippen LogP contribution < -0.4 is 0 Å². The van der Waals surface area contributed by atoms with Gasteiger partial charge in [-0.3, -0.25) is 34.6 Å². The molecule has 33 heavy (non-hydrogen) atoms. The maximum atomic E-state index is 13.4. The Balaban J connectivity index is 1.79. The average molecular weight is 446 g/mol. The van der Waals surface area contributed by atoms with Crippen LogP contribution in [-0.2, 0) is 6.54 Å². The number of nitrogens with zero attached hydrogens (tertiary/aromatic N) is 4. The Morgan fingerprint density at radius 3 is 1.88 bits per heavy atom. The van der Waals surface area contributed by atoms with E-state index in [1.54, 1.807) is 12.1 Å². The molecule has 0 saturated carbocycles. The van der Waals surface area contributed by atoms with Crippen molar-refractivity contribution in [2.45, 2.75) is 6.54 Å². The summed E-state index contributed by atoms with van der Waals surface area (Å²) in [6, 6.07) is 16.2. The Morgan fingerprint density at radius 1 is 0.788 bits per heavy atom. The normalized spacial score (nSPS) is 12.4. The van der Waals surface area contributed by atoms with E-state index in [-0.39, 0.29) is 33.6 Å². The minimum Gasteiger partial charge on any atom is -0.267 e. The van der Waals surface area contributed by atoms with Gasteiger partial charge in [-0.25, -0.2) is 5.01 Å². The molecule has 0 N–H and O–H groups in total. The molecule has 3 aromatic carbocycles. The van der Waals surface area contributed by atoms with E-state index < -0.39 is 34.1 Å². The molecule has 1 heterocycles. The van der Waals surface area contributed by atoms with E-state index >= 15 is 0 Å². The summed E-state index contributed by atoms with van der Waals surface area (Å²) in [6.07, 6.45) is 0. The van der Waals surface area contributed by atoms with Crippen LogP contribution in [0.1, 0.15) is 36.6 Å². The number of hydrazine groups is 1. The van der Waals surface area contributed by atoms with Crippen molar-refractivity contribution in [1.82, 2.24) is 10.0 Å². The summed E-state index contributed by atoms with van der Waals surface area (Å²) in [4.78, 5) is 60.6. The first-order valence-corrected chi connectivity index (χ1v) is 9.56. The van der Waals surface area contributed by atoms with Crippen molar-refractivity contribution in [3.05, 3.63) is 115 Å². The van der Waals surface area contributed by atoms with Gasteiger partial charge in [-0.2, -0.15) is 5.01 Å². The topological polar surface area (TPSA) is 144 Å². The van der Waals surface area contributed by atoms with Gasteiger partial charge in [-0.15, -0.1) is 0 Å². The fourth-order valence-electron chi connectivity index (χ4n) is 3.49. The van der Waals surface area contributed by atoms with Gasteiger partial charge in [0.05, 0.1) is 33.1 Å². The number of benzene rings is 3. The van der Waals surface area contributed by atoms with Crippen LogP contribution in [0.3, 0.4) is 0 Å². The zero-order valence-electron chi connectivity index (χ0n) is 16.8. The van der Waals surface area contributed by atoms with Gasteiger partial charge in [0.1, 0.15) is 0 Å². The molecule has 0 radical (unpaired) electrons. The van der Waals surface area contributed by atoms with Gasteiger partial charge in [-0.05, 0) is 24.3 Å². The molecule has 0 spiro atoms. The summed E-state index contributed by atoms with van der Waals surface area (Å²) in [7, 11) is 0. The highest BCUT2D eigenvalue weighted by Crippen LogP contribution is 2.28. The van der Waals surface area contributed by atoms with Gasteiger partial charge in [0.15, 0.2) is 0 Å². The van der Waals surface area contributed by atoms with Crippen molar-refractivity contribution in [2.75, 3.05) is 0 Å². The molecule has 164 valence electrons. The second kappa shape index (κ2) is 8.30. The van der Waals surface area contributed by atoms with E-state index in [1.807, 2.05) is 0 Å². The number of fused-ring (bicyclic) bond motifs is 1. The smallest absolute Gasteiger partial charge is 0.267 e. The van der Waals surface area contributed by atoms with E-state index in [9.17, 15) is 34.6 Å². The van der Waals surface area contributed by atoms with Crippen LogP contribution >= 0.6 is 0 Å². The standard InChI is InChI=1S/C22H14N4O7/c27-20(14-9-11-16(12-10-14)25(30)31)23(13-15-5-1-4-8-19(15)26(32)33)24-21(28)17-6-2-3-7-18(17)22(24)29/h1-12H,13H2. The minimum absolute atomic E-state index is 0.0456. The SMILES string of the molecule is O=C(c1ccc([N+](=O)[O-])cc1)N(Cc1ccccc1[N+](=O)[O-])N1C(=O)c2ccccc2C1=O. The van der Waals surface area contributed by atoms with Crippen LogP contribution in [0.25, 0.3) is 0 Å². The number of non-ortho nitro benzene ring substituents is 1. The third-order valence-electron chi connectivity index (χ3n) is 5.08. The minimum atomic E-state index is -0.836. The van der Waals surface area contributed by atoms with Crippen LogP contribution in [0.15, 0.2) is 72.8 Å². The second-order valence-corrected chi connectivity index (χ2v) is 7.02. The number of para-hydroxylation sites is 1. The van der Waals surface area contributed by atoms with Crippen molar-refractivity contribution < 1.29 is 24.2 Å². The number of carbonyl (C=O) groups excluding carboxylic acids is 3. The lowest BCUT2D eigenvalue weighted by Crippen LogP contribution is -2.49. The summed E-state index contributed by atoms with van der Waals surface area (Å²) in [5.74, 6) is -2.36. The third-order valence-corrected chi connectivity index (χ3v) is 5.08. The predicted molar refractivity (Wildman–Crippen MR) is 113 cm³/mol. The third kappa shape index (κ3) is 3.78. The highest BCUT2D eigenvalue weighted by molar-refractivity contribution is 6.22. The van der Waals surface area contributed by atoms with Crippen LogP contribution in [-0.4, -0.2) is 37.6 Å². The van der Waals surface area contributed by atoms with Crippen molar-refractivity contribution >= 4 is 29.1 Å². The lowest BCUT2D eigenvalue weighted by atomic mass is 10.1. The summed E-state index contributed by atoms with van der Waals surface area (Å²) in [5.41, 5.74) is -0.323. The number of nitro groups is 2. The molecule has 0 atom stereocenters. The number of hydrogen-bond acceptors (Lipinski definition) is 7. The van der Waals surface area contributed by atoms with Crippen LogP contribution in [0.4, 0.5) is 11.4 Å². The number of nitro benzene ring substituents is 2. The van der Waals surface area contributed by atoms with Crippen LogP contribution in [0.5, 0.6) is 0 Å². The fraction of sp³-hybridized carbons (Fsp3) is 0.0455. The molecule has 0 aromatic heterocycles. The zero-order valence-corrected chi connectivity index (χ0v) is 16.8. The number of amides is 3. The van der Waals surface area contributed by atoms with Gasteiger partial charge < -0.3 is 0 Å². The molecule has 4 rings (SSSR count). The summed E-state index contributed by atoms with van der Waals surface area (Å²) in [5, 5.41) is 23.8. The molecule has 11 heteroatoms. The van der Waals surface area contributed by atoms with E-state index in [0.29, 0.717) is 5.01 Å². The average Bonchev–Trinajstić information content (AvgIpc) is 3.07. The molecule has 0 bridgehead atoms. The Morgan fingerprint density at radius 2 is 1.33 bits per heavy atom. The first-order valence-electron chi connectivity index (χ1n) is 9.56. The molecule has 3 amide bonds. The largest absolute Gasteiger partial charge is 0.280 e.